The third-order valence-corrected chi connectivity index (χ3v) is 2.01. The fourth-order valence-electron chi connectivity index (χ4n) is 1.14. The van der Waals surface area contributed by atoms with Crippen molar-refractivity contribution in [1.82, 2.24) is 14.8 Å². The normalized spacial score (nSPS) is 10.5. The van der Waals surface area contributed by atoms with Gasteiger partial charge in [-0.05, 0) is 0 Å². The minimum atomic E-state index is -0.887. The number of nitrogens with zero attached hydrogens (tertiary/aromatic N) is 3. The highest BCUT2D eigenvalue weighted by Crippen LogP contribution is 2.18. The van der Waals surface area contributed by atoms with Crippen LogP contribution >= 0.6 is 11.6 Å². The summed E-state index contributed by atoms with van der Waals surface area (Å²) < 4.78 is 27.5. The molecular weight excluding hydrogens is 240 g/mol. The van der Waals surface area contributed by atoms with Gasteiger partial charge in [-0.1, -0.05) is 11.6 Å². The summed E-state index contributed by atoms with van der Waals surface area (Å²) in [6.45, 7) is 0. The van der Waals surface area contributed by atoms with E-state index in [1.807, 2.05) is 5.43 Å². The van der Waals surface area contributed by atoms with Crippen LogP contribution in [0.4, 0.5) is 14.6 Å². The summed E-state index contributed by atoms with van der Waals surface area (Å²) in [5.41, 5.74) is 2.01. The minimum Gasteiger partial charge on any atom is -0.306 e. The molecule has 0 atom stereocenters. The predicted molar refractivity (Wildman–Crippen MR) is 54.1 cm³/mol. The van der Waals surface area contributed by atoms with Crippen LogP contribution in [0.5, 0.6) is 0 Å². The summed E-state index contributed by atoms with van der Waals surface area (Å²) in [6, 6.07) is 0.660. The molecule has 0 fully saturated rings. The summed E-state index contributed by atoms with van der Waals surface area (Å²) in [6.07, 6.45) is 2.65. The largest absolute Gasteiger partial charge is 0.306 e. The van der Waals surface area contributed by atoms with Gasteiger partial charge in [0.1, 0.15) is 0 Å². The third-order valence-electron chi connectivity index (χ3n) is 1.82. The molecule has 0 bridgehead atoms. The number of hydrazine groups is 1. The van der Waals surface area contributed by atoms with Gasteiger partial charge < -0.3 is 5.43 Å². The van der Waals surface area contributed by atoms with E-state index >= 15 is 0 Å². The molecule has 0 aliphatic rings. The second-order valence-electron chi connectivity index (χ2n) is 2.87. The molecule has 2 heterocycles. The van der Waals surface area contributed by atoms with Crippen LogP contribution in [0.25, 0.3) is 5.82 Å². The van der Waals surface area contributed by atoms with Gasteiger partial charge in [-0.15, -0.1) is 0 Å². The van der Waals surface area contributed by atoms with Crippen molar-refractivity contribution in [2.24, 2.45) is 5.84 Å². The number of nitrogens with two attached hydrogens (primary N) is 1. The number of nitrogens with one attached hydrogen (secondary N) is 1. The van der Waals surface area contributed by atoms with Gasteiger partial charge in [-0.2, -0.15) is 5.10 Å². The first-order valence-corrected chi connectivity index (χ1v) is 4.53. The Morgan fingerprint density at radius 1 is 1.38 bits per heavy atom. The third kappa shape index (κ3) is 1.82. The van der Waals surface area contributed by atoms with E-state index in [0.29, 0.717) is 11.1 Å². The number of hydrogen-bond acceptors (Lipinski definition) is 4. The van der Waals surface area contributed by atoms with Crippen LogP contribution < -0.4 is 11.3 Å². The first-order chi connectivity index (χ1) is 7.61. The highest BCUT2D eigenvalue weighted by molar-refractivity contribution is 6.30. The van der Waals surface area contributed by atoms with Gasteiger partial charge in [0.15, 0.2) is 23.3 Å². The highest BCUT2D eigenvalue weighted by atomic mass is 35.5. The zero-order valence-electron chi connectivity index (χ0n) is 7.78. The zero-order chi connectivity index (χ0) is 11.7. The molecule has 84 valence electrons. The fourth-order valence-corrected chi connectivity index (χ4v) is 1.27. The molecule has 3 N–H and O–H groups in total. The maximum Gasteiger partial charge on any atom is 0.191 e. The summed E-state index contributed by atoms with van der Waals surface area (Å²) in [5, 5.41) is 4.06. The quantitative estimate of drug-likeness (QED) is 0.621. The van der Waals surface area contributed by atoms with Crippen LogP contribution in [-0.4, -0.2) is 14.8 Å². The average molecular weight is 246 g/mol. The molecule has 2 aromatic heterocycles. The Bertz CT molecular complexity index is 527. The van der Waals surface area contributed by atoms with E-state index in [-0.39, 0.29) is 11.6 Å². The van der Waals surface area contributed by atoms with Gasteiger partial charge in [-0.25, -0.2) is 24.3 Å². The molecule has 0 unspecified atom stereocenters. The monoisotopic (exact) mass is 245 g/mol. The summed E-state index contributed by atoms with van der Waals surface area (Å²) in [4.78, 5) is 3.63. The van der Waals surface area contributed by atoms with Crippen molar-refractivity contribution >= 4 is 17.4 Å². The Morgan fingerprint density at radius 2 is 2.12 bits per heavy atom. The number of anilines is 1. The summed E-state index contributed by atoms with van der Waals surface area (Å²) in [7, 11) is 0. The molecule has 0 spiro atoms. The second kappa shape index (κ2) is 4.03. The first kappa shape index (κ1) is 10.8. The number of rotatable bonds is 2. The molecule has 2 rings (SSSR count). The van der Waals surface area contributed by atoms with Gasteiger partial charge in [0, 0.05) is 6.07 Å². The van der Waals surface area contributed by atoms with Crippen LogP contribution in [-0.2, 0) is 0 Å². The topological polar surface area (TPSA) is 68.8 Å². The lowest BCUT2D eigenvalue weighted by Gasteiger charge is -2.06. The van der Waals surface area contributed by atoms with Crippen LogP contribution in [0.3, 0.4) is 0 Å². The molecule has 5 nitrogen and oxygen atoms in total. The number of aromatic nitrogens is 3. The van der Waals surface area contributed by atoms with Gasteiger partial charge in [0.2, 0.25) is 0 Å². The number of pyridine rings is 1. The second-order valence-corrected chi connectivity index (χ2v) is 3.31. The SMILES string of the molecule is NNc1nc(-n2cc(Cl)cn2)c(F)cc1F. The molecule has 0 aliphatic heterocycles. The smallest absolute Gasteiger partial charge is 0.191 e. The van der Waals surface area contributed by atoms with Crippen molar-refractivity contribution in [1.29, 1.82) is 0 Å². The molecule has 2 aromatic rings. The van der Waals surface area contributed by atoms with E-state index in [1.54, 1.807) is 0 Å². The zero-order valence-corrected chi connectivity index (χ0v) is 8.54. The molecule has 0 amide bonds. The number of halogens is 3. The van der Waals surface area contributed by atoms with Crippen molar-refractivity contribution < 1.29 is 8.78 Å². The molecule has 0 radical (unpaired) electrons. The Balaban J connectivity index is 2.56. The van der Waals surface area contributed by atoms with Crippen LogP contribution in [0.2, 0.25) is 5.02 Å². The molecule has 0 aromatic carbocycles. The molecule has 0 aliphatic carbocycles. The Hall–Kier alpha value is -1.73. The van der Waals surface area contributed by atoms with E-state index in [1.165, 1.54) is 12.4 Å². The van der Waals surface area contributed by atoms with E-state index in [2.05, 4.69) is 10.1 Å². The molecule has 8 heteroatoms. The van der Waals surface area contributed by atoms with Crippen LogP contribution in [0.1, 0.15) is 0 Å². The summed E-state index contributed by atoms with van der Waals surface area (Å²) >= 11 is 5.62. The predicted octanol–water partition coefficient (Wildman–Crippen LogP) is 1.48. The number of hydrogen-bond donors (Lipinski definition) is 2. The van der Waals surface area contributed by atoms with Crippen molar-refractivity contribution in [3.05, 3.63) is 35.1 Å². The molecule has 16 heavy (non-hydrogen) atoms. The maximum absolute atomic E-state index is 13.4. The van der Waals surface area contributed by atoms with Gasteiger partial charge >= 0.3 is 0 Å². The molecule has 0 saturated heterocycles. The van der Waals surface area contributed by atoms with Gasteiger partial charge in [-0.3, -0.25) is 0 Å². The van der Waals surface area contributed by atoms with Gasteiger partial charge in [0.25, 0.3) is 0 Å². The standard InChI is InChI=1S/C8H6ClF2N5/c9-4-2-13-16(3-4)8-6(11)1-5(10)7(14-8)15-12/h1-3H,12H2,(H,14,15). The Labute approximate surface area is 93.8 Å². The average Bonchev–Trinajstić information content (AvgIpc) is 2.65. The highest BCUT2D eigenvalue weighted by Gasteiger charge is 2.13. The Morgan fingerprint density at radius 3 is 2.69 bits per heavy atom. The van der Waals surface area contributed by atoms with Crippen molar-refractivity contribution in [3.63, 3.8) is 0 Å². The van der Waals surface area contributed by atoms with E-state index < -0.39 is 11.6 Å². The number of nitrogen functional groups attached to an aromatic ring is 1. The maximum atomic E-state index is 13.4. The van der Waals surface area contributed by atoms with Gasteiger partial charge in [0.05, 0.1) is 17.4 Å². The van der Waals surface area contributed by atoms with Crippen LogP contribution in [0.15, 0.2) is 18.5 Å². The van der Waals surface area contributed by atoms with Crippen LogP contribution in [0, 0.1) is 11.6 Å². The van der Waals surface area contributed by atoms with E-state index in [9.17, 15) is 8.78 Å². The Kier molecular flexibility index (Phi) is 2.71. The molecular formula is C8H6ClF2N5. The lowest BCUT2D eigenvalue weighted by molar-refractivity contribution is 0.563. The fraction of sp³-hybridized carbons (Fsp3) is 0. The van der Waals surface area contributed by atoms with E-state index in [0.717, 1.165) is 4.68 Å². The summed E-state index contributed by atoms with van der Waals surface area (Å²) in [5.74, 6) is 2.80. The van der Waals surface area contributed by atoms with E-state index in [4.69, 9.17) is 17.4 Å². The van der Waals surface area contributed by atoms with Crippen molar-refractivity contribution in [2.45, 2.75) is 0 Å². The van der Waals surface area contributed by atoms with Crippen molar-refractivity contribution in [2.75, 3.05) is 5.43 Å². The molecule has 0 saturated carbocycles. The minimum absolute atomic E-state index is 0.193. The lowest BCUT2D eigenvalue weighted by Crippen LogP contribution is -2.13. The lowest BCUT2D eigenvalue weighted by atomic mass is 10.4. The first-order valence-electron chi connectivity index (χ1n) is 4.15. The van der Waals surface area contributed by atoms with Crippen molar-refractivity contribution in [3.8, 4) is 5.82 Å².